The first-order chi connectivity index (χ1) is 10.7. The van der Waals surface area contributed by atoms with Crippen molar-refractivity contribution in [3.05, 3.63) is 41.5 Å². The lowest BCUT2D eigenvalue weighted by atomic mass is 10.0. The molecule has 2 aromatic heterocycles. The first kappa shape index (κ1) is 14.5. The van der Waals surface area contributed by atoms with Crippen LogP contribution in [0.4, 0.5) is 0 Å². The van der Waals surface area contributed by atoms with E-state index in [1.807, 2.05) is 24.4 Å². The lowest BCUT2D eigenvalue weighted by Gasteiger charge is -2.07. The van der Waals surface area contributed by atoms with Gasteiger partial charge in [-0.2, -0.15) is 0 Å². The highest BCUT2D eigenvalue weighted by Crippen LogP contribution is 2.37. The Kier molecular flexibility index (Phi) is 4.02. The molecule has 5 nitrogen and oxygen atoms in total. The van der Waals surface area contributed by atoms with Crippen molar-refractivity contribution in [3.8, 4) is 17.0 Å². The van der Waals surface area contributed by atoms with Gasteiger partial charge in [-0.05, 0) is 12.5 Å². The molecule has 0 aliphatic heterocycles. The molecular weight excluding hydrogens is 300 g/mol. The largest absolute Gasteiger partial charge is 0.466 e. The highest BCUT2D eigenvalue weighted by molar-refractivity contribution is 7.17. The Balaban J connectivity index is 2.04. The summed E-state index contributed by atoms with van der Waals surface area (Å²) in [5.74, 6) is -0.0499. The maximum Gasteiger partial charge on any atom is 0.343 e. The number of esters is 1. The average Bonchev–Trinajstić information content (AvgIpc) is 2.98. The number of rotatable bonds is 4. The molecule has 0 bridgehead atoms. The quantitative estimate of drug-likeness (QED) is 0.692. The molecule has 112 valence electrons. The Morgan fingerprint density at radius 2 is 2.00 bits per heavy atom. The van der Waals surface area contributed by atoms with Gasteiger partial charge in [0.25, 0.3) is 0 Å². The van der Waals surface area contributed by atoms with E-state index in [2.05, 4.69) is 26.8 Å². The summed E-state index contributed by atoms with van der Waals surface area (Å²) in [7, 11) is 1.32. The van der Waals surface area contributed by atoms with Gasteiger partial charge in [0.05, 0.1) is 12.5 Å². The molecule has 0 amide bonds. The number of hydrogen-bond donors (Lipinski definition) is 0. The number of aromatic nitrogens is 2. The van der Waals surface area contributed by atoms with Gasteiger partial charge in [0, 0.05) is 10.9 Å². The van der Waals surface area contributed by atoms with E-state index in [4.69, 9.17) is 4.74 Å². The van der Waals surface area contributed by atoms with Crippen LogP contribution < -0.4 is 4.74 Å². The summed E-state index contributed by atoms with van der Waals surface area (Å²) in [6, 6.07) is 8.21. The predicted molar refractivity (Wildman–Crippen MR) is 85.1 cm³/mol. The van der Waals surface area contributed by atoms with Crippen LogP contribution in [-0.2, 0) is 9.53 Å². The van der Waals surface area contributed by atoms with E-state index in [0.717, 1.165) is 21.3 Å². The van der Waals surface area contributed by atoms with Crippen molar-refractivity contribution in [2.75, 3.05) is 13.7 Å². The van der Waals surface area contributed by atoms with Crippen molar-refractivity contribution in [1.82, 2.24) is 9.97 Å². The smallest absolute Gasteiger partial charge is 0.343 e. The molecule has 0 N–H and O–H groups in total. The zero-order valence-electron chi connectivity index (χ0n) is 12.2. The Hall–Kier alpha value is -2.47. The molecule has 0 atom stereocenters. The summed E-state index contributed by atoms with van der Waals surface area (Å²) in [5.41, 5.74) is 3.26. The van der Waals surface area contributed by atoms with E-state index in [0.29, 0.717) is 5.88 Å². The molecule has 0 radical (unpaired) electrons. The molecule has 0 saturated heterocycles. The monoisotopic (exact) mass is 314 g/mol. The van der Waals surface area contributed by atoms with Gasteiger partial charge in [-0.1, -0.05) is 29.8 Å². The van der Waals surface area contributed by atoms with Crippen LogP contribution >= 0.6 is 11.3 Å². The van der Waals surface area contributed by atoms with Crippen molar-refractivity contribution < 1.29 is 14.3 Å². The normalized spacial score (nSPS) is 10.6. The number of aryl methyl sites for hydroxylation is 1. The summed E-state index contributed by atoms with van der Waals surface area (Å²) >= 11 is 1.52. The molecule has 0 aliphatic rings. The Morgan fingerprint density at radius 3 is 2.73 bits per heavy atom. The van der Waals surface area contributed by atoms with E-state index in [-0.39, 0.29) is 6.61 Å². The summed E-state index contributed by atoms with van der Waals surface area (Å²) in [5, 5.41) is 2.84. The Labute approximate surface area is 131 Å². The van der Waals surface area contributed by atoms with Crippen LogP contribution in [0, 0.1) is 6.92 Å². The minimum absolute atomic E-state index is 0.175. The highest BCUT2D eigenvalue weighted by atomic mass is 32.1. The fraction of sp³-hybridized carbons (Fsp3) is 0.188. The van der Waals surface area contributed by atoms with Crippen LogP contribution in [-0.4, -0.2) is 29.7 Å². The minimum Gasteiger partial charge on any atom is -0.466 e. The number of thiophene rings is 1. The van der Waals surface area contributed by atoms with Crippen LogP contribution in [0.5, 0.6) is 5.88 Å². The first-order valence-electron chi connectivity index (χ1n) is 6.68. The number of fused-ring (bicyclic) bond motifs is 1. The summed E-state index contributed by atoms with van der Waals surface area (Å²) in [6.45, 7) is 1.87. The zero-order valence-corrected chi connectivity index (χ0v) is 13.0. The molecule has 2 heterocycles. The molecule has 3 rings (SSSR count). The topological polar surface area (TPSA) is 61.3 Å². The van der Waals surface area contributed by atoms with Crippen LogP contribution in [0.25, 0.3) is 21.3 Å². The summed E-state index contributed by atoms with van der Waals surface area (Å²) in [4.78, 5) is 20.5. The number of hydrogen-bond acceptors (Lipinski definition) is 6. The molecule has 0 spiro atoms. The zero-order chi connectivity index (χ0) is 15.5. The minimum atomic E-state index is -0.445. The molecular formula is C16H14N2O3S. The fourth-order valence-electron chi connectivity index (χ4n) is 2.09. The predicted octanol–water partition coefficient (Wildman–Crippen LogP) is 3.22. The van der Waals surface area contributed by atoms with Crippen molar-refractivity contribution in [1.29, 1.82) is 0 Å². The van der Waals surface area contributed by atoms with E-state index in [1.165, 1.54) is 30.3 Å². The highest BCUT2D eigenvalue weighted by Gasteiger charge is 2.15. The molecule has 1 aromatic carbocycles. The molecule has 0 aliphatic carbocycles. The maximum absolute atomic E-state index is 11.3. The second-order valence-electron chi connectivity index (χ2n) is 4.74. The lowest BCUT2D eigenvalue weighted by molar-refractivity contribution is -0.142. The van der Waals surface area contributed by atoms with E-state index in [9.17, 15) is 4.79 Å². The average molecular weight is 314 g/mol. The summed E-state index contributed by atoms with van der Waals surface area (Å²) < 4.78 is 10.1. The van der Waals surface area contributed by atoms with Crippen LogP contribution in [0.3, 0.4) is 0 Å². The van der Waals surface area contributed by atoms with Gasteiger partial charge in [0.2, 0.25) is 5.88 Å². The van der Waals surface area contributed by atoms with Crippen molar-refractivity contribution >= 4 is 27.5 Å². The third kappa shape index (κ3) is 2.78. The SMILES string of the molecule is COC(=O)COc1ncnc2scc(-c3ccc(C)cc3)c12. The number of nitrogens with zero attached hydrogens (tertiary/aromatic N) is 2. The van der Waals surface area contributed by atoms with Gasteiger partial charge in [-0.25, -0.2) is 14.8 Å². The second kappa shape index (κ2) is 6.11. The third-order valence-electron chi connectivity index (χ3n) is 3.25. The molecule has 0 unspecified atom stereocenters. The maximum atomic E-state index is 11.3. The number of benzene rings is 1. The second-order valence-corrected chi connectivity index (χ2v) is 5.60. The standard InChI is InChI=1S/C16H14N2O3S/c1-10-3-5-11(6-4-10)12-8-22-16-14(12)15(17-9-18-16)21-7-13(19)20-2/h3-6,8-9H,7H2,1-2H3. The summed E-state index contributed by atoms with van der Waals surface area (Å²) in [6.07, 6.45) is 1.43. The van der Waals surface area contributed by atoms with Crippen molar-refractivity contribution in [2.45, 2.75) is 6.92 Å². The van der Waals surface area contributed by atoms with Crippen LogP contribution in [0.2, 0.25) is 0 Å². The number of carbonyl (C=O) groups is 1. The lowest BCUT2D eigenvalue weighted by Crippen LogP contribution is -2.13. The van der Waals surface area contributed by atoms with Crippen LogP contribution in [0.15, 0.2) is 36.0 Å². The molecule has 0 saturated carbocycles. The van der Waals surface area contributed by atoms with Gasteiger partial charge in [-0.15, -0.1) is 11.3 Å². The number of ether oxygens (including phenoxy) is 2. The van der Waals surface area contributed by atoms with E-state index in [1.54, 1.807) is 0 Å². The van der Waals surface area contributed by atoms with Crippen LogP contribution in [0.1, 0.15) is 5.56 Å². The molecule has 0 fully saturated rings. The van der Waals surface area contributed by atoms with Gasteiger partial charge in [0.1, 0.15) is 11.2 Å². The molecule has 22 heavy (non-hydrogen) atoms. The van der Waals surface area contributed by atoms with Gasteiger partial charge < -0.3 is 9.47 Å². The number of methoxy groups -OCH3 is 1. The molecule has 6 heteroatoms. The molecule has 3 aromatic rings. The van der Waals surface area contributed by atoms with Gasteiger partial charge in [0.15, 0.2) is 6.61 Å². The van der Waals surface area contributed by atoms with Gasteiger partial charge >= 0.3 is 5.97 Å². The fourth-order valence-corrected chi connectivity index (χ4v) is 3.00. The van der Waals surface area contributed by atoms with Crippen molar-refractivity contribution in [2.24, 2.45) is 0 Å². The van der Waals surface area contributed by atoms with Crippen molar-refractivity contribution in [3.63, 3.8) is 0 Å². The van der Waals surface area contributed by atoms with Gasteiger partial charge in [-0.3, -0.25) is 0 Å². The first-order valence-corrected chi connectivity index (χ1v) is 7.56. The van der Waals surface area contributed by atoms with E-state index >= 15 is 0 Å². The Morgan fingerprint density at radius 1 is 1.23 bits per heavy atom. The third-order valence-corrected chi connectivity index (χ3v) is 4.14. The van der Waals surface area contributed by atoms with E-state index < -0.39 is 5.97 Å². The Bertz CT molecular complexity index is 812. The number of carbonyl (C=O) groups excluding carboxylic acids is 1.